The lowest BCUT2D eigenvalue weighted by atomic mass is 10.0. The number of esters is 1. The van der Waals surface area contributed by atoms with Gasteiger partial charge in [-0.1, -0.05) is 30.3 Å². The predicted molar refractivity (Wildman–Crippen MR) is 80.8 cm³/mol. The maximum Gasteiger partial charge on any atom is 0.302 e. The highest BCUT2D eigenvalue weighted by Gasteiger charge is 2.14. The molecule has 1 rings (SSSR count). The van der Waals surface area contributed by atoms with E-state index in [1.54, 1.807) is 13.8 Å². The van der Waals surface area contributed by atoms with E-state index in [0.29, 0.717) is 6.61 Å². The molecule has 1 unspecified atom stereocenters. The minimum atomic E-state index is -1.16. The molecule has 5 heteroatoms. The van der Waals surface area contributed by atoms with Crippen molar-refractivity contribution in [3.8, 4) is 0 Å². The first kappa shape index (κ1) is 17.3. The van der Waals surface area contributed by atoms with Crippen molar-refractivity contribution in [2.75, 3.05) is 6.61 Å². The zero-order chi connectivity index (χ0) is 15.7. The molecule has 1 aromatic carbocycles. The summed E-state index contributed by atoms with van der Waals surface area (Å²) in [5.41, 5.74) is -0.0944. The van der Waals surface area contributed by atoms with E-state index in [0.717, 1.165) is 24.8 Å². The van der Waals surface area contributed by atoms with E-state index in [4.69, 9.17) is 4.74 Å². The monoisotopic (exact) mass is 292 g/mol. The molecule has 0 aliphatic heterocycles. The molecule has 0 fully saturated rings. The number of hydrogen-bond donors (Lipinski definition) is 1. The molecule has 0 spiro atoms. The van der Waals surface area contributed by atoms with Crippen LogP contribution in [0.25, 0.3) is 0 Å². The molecule has 0 saturated heterocycles. The van der Waals surface area contributed by atoms with Crippen molar-refractivity contribution in [1.29, 1.82) is 0 Å². The van der Waals surface area contributed by atoms with Crippen molar-refractivity contribution < 1.29 is 14.6 Å². The summed E-state index contributed by atoms with van der Waals surface area (Å²) in [5.74, 6) is -0.253. The van der Waals surface area contributed by atoms with Crippen LogP contribution in [0.4, 0.5) is 0 Å². The molecule has 21 heavy (non-hydrogen) atoms. The number of unbranched alkanes of at least 4 members (excludes halogenated alkanes) is 1. The Bertz CT molecular complexity index is 452. The van der Waals surface area contributed by atoms with Crippen LogP contribution >= 0.6 is 0 Å². The van der Waals surface area contributed by atoms with Gasteiger partial charge in [-0.05, 0) is 38.7 Å². The minimum absolute atomic E-state index is 0.0880. The predicted octanol–water partition coefficient (Wildman–Crippen LogP) is 3.64. The van der Waals surface area contributed by atoms with Gasteiger partial charge in [0.1, 0.15) is 0 Å². The molecule has 0 aromatic heterocycles. The second kappa shape index (κ2) is 8.52. The second-order valence-corrected chi connectivity index (χ2v) is 5.47. The number of carbonyl (C=O) groups is 1. The van der Waals surface area contributed by atoms with Crippen molar-refractivity contribution in [2.45, 2.75) is 51.8 Å². The molecule has 0 heterocycles. The summed E-state index contributed by atoms with van der Waals surface area (Å²) in [7, 11) is 0. The first-order chi connectivity index (χ1) is 9.88. The maximum atomic E-state index is 10.7. The smallest absolute Gasteiger partial charge is 0.302 e. The average Bonchev–Trinajstić information content (AvgIpc) is 2.41. The lowest BCUT2D eigenvalue weighted by Crippen LogP contribution is -2.14. The Kier molecular flexibility index (Phi) is 7.02. The van der Waals surface area contributed by atoms with Crippen LogP contribution in [0.5, 0.6) is 0 Å². The van der Waals surface area contributed by atoms with E-state index in [-0.39, 0.29) is 12.0 Å². The molecule has 0 saturated carbocycles. The zero-order valence-corrected chi connectivity index (χ0v) is 13.0. The van der Waals surface area contributed by atoms with Crippen LogP contribution in [0.1, 0.15) is 51.6 Å². The molecule has 0 aliphatic carbocycles. The third kappa shape index (κ3) is 8.19. The van der Waals surface area contributed by atoms with Crippen molar-refractivity contribution in [3.63, 3.8) is 0 Å². The van der Waals surface area contributed by atoms with Gasteiger partial charge in [0.2, 0.25) is 0 Å². The number of nitrogens with zero attached hydrogens (tertiary/aromatic N) is 2. The van der Waals surface area contributed by atoms with Crippen LogP contribution in [-0.2, 0) is 9.53 Å². The van der Waals surface area contributed by atoms with Gasteiger partial charge in [-0.25, -0.2) is 0 Å². The van der Waals surface area contributed by atoms with E-state index in [9.17, 15) is 9.90 Å². The minimum Gasteiger partial charge on any atom is -0.466 e. The first-order valence-electron chi connectivity index (χ1n) is 7.21. The summed E-state index contributed by atoms with van der Waals surface area (Å²) >= 11 is 0. The quantitative estimate of drug-likeness (QED) is 0.451. The van der Waals surface area contributed by atoms with Gasteiger partial charge in [0, 0.05) is 6.92 Å². The van der Waals surface area contributed by atoms with Gasteiger partial charge >= 0.3 is 5.97 Å². The summed E-state index contributed by atoms with van der Waals surface area (Å²) in [4.78, 5) is 10.7. The number of benzene rings is 1. The van der Waals surface area contributed by atoms with E-state index >= 15 is 0 Å². The first-order valence-corrected chi connectivity index (χ1v) is 7.21. The standard InChI is InChI=1S/C16H24N2O3/c1-13(19)21-12-8-7-11-15(17-18-16(2,3)20)14-9-5-4-6-10-14/h4-6,9-10,15,20H,7-8,11-12H2,1-3H3. The maximum absolute atomic E-state index is 10.7. The van der Waals surface area contributed by atoms with Gasteiger partial charge < -0.3 is 9.84 Å². The molecule has 5 nitrogen and oxygen atoms in total. The van der Waals surface area contributed by atoms with E-state index in [1.165, 1.54) is 6.92 Å². The van der Waals surface area contributed by atoms with Gasteiger partial charge in [0.05, 0.1) is 12.6 Å². The normalized spacial score (nSPS) is 13.3. The van der Waals surface area contributed by atoms with E-state index in [2.05, 4.69) is 10.2 Å². The molecule has 0 radical (unpaired) electrons. The number of rotatable bonds is 8. The van der Waals surface area contributed by atoms with Gasteiger partial charge in [0.15, 0.2) is 5.72 Å². The second-order valence-electron chi connectivity index (χ2n) is 5.47. The highest BCUT2D eigenvalue weighted by atomic mass is 16.5. The lowest BCUT2D eigenvalue weighted by molar-refractivity contribution is -0.141. The molecule has 1 atom stereocenters. The number of ether oxygens (including phenoxy) is 1. The summed E-state index contributed by atoms with van der Waals surface area (Å²) in [6.07, 6.45) is 2.46. The van der Waals surface area contributed by atoms with Gasteiger partial charge in [0.25, 0.3) is 0 Å². The molecular weight excluding hydrogens is 268 g/mol. The number of azo groups is 1. The number of carbonyl (C=O) groups excluding carboxylic acids is 1. The van der Waals surface area contributed by atoms with Crippen LogP contribution in [-0.4, -0.2) is 23.4 Å². The largest absolute Gasteiger partial charge is 0.466 e. The third-order valence-electron chi connectivity index (χ3n) is 2.80. The van der Waals surface area contributed by atoms with Gasteiger partial charge in [-0.2, -0.15) is 10.2 Å². The number of aliphatic hydroxyl groups is 1. The fourth-order valence-electron chi connectivity index (χ4n) is 1.83. The molecular formula is C16H24N2O3. The Morgan fingerprint density at radius 2 is 1.95 bits per heavy atom. The van der Waals surface area contributed by atoms with Crippen molar-refractivity contribution in [3.05, 3.63) is 35.9 Å². The molecule has 1 N–H and O–H groups in total. The van der Waals surface area contributed by atoms with E-state index in [1.807, 2.05) is 30.3 Å². The Morgan fingerprint density at radius 1 is 1.29 bits per heavy atom. The number of hydrogen-bond acceptors (Lipinski definition) is 5. The van der Waals surface area contributed by atoms with Crippen molar-refractivity contribution in [1.82, 2.24) is 0 Å². The fraction of sp³-hybridized carbons (Fsp3) is 0.562. The topological polar surface area (TPSA) is 71.2 Å². The summed E-state index contributed by atoms with van der Waals surface area (Å²) in [5, 5.41) is 17.9. The lowest BCUT2D eigenvalue weighted by Gasteiger charge is -2.15. The van der Waals surface area contributed by atoms with Crippen LogP contribution in [0, 0.1) is 0 Å². The third-order valence-corrected chi connectivity index (χ3v) is 2.80. The van der Waals surface area contributed by atoms with Crippen molar-refractivity contribution >= 4 is 5.97 Å². The summed E-state index contributed by atoms with van der Waals surface area (Å²) in [6.45, 7) is 5.03. The Morgan fingerprint density at radius 3 is 2.52 bits per heavy atom. The Balaban J connectivity index is 2.57. The van der Waals surface area contributed by atoms with Crippen LogP contribution in [0.2, 0.25) is 0 Å². The van der Waals surface area contributed by atoms with Gasteiger partial charge in [-0.3, -0.25) is 4.79 Å². The molecule has 0 bridgehead atoms. The Hall–Kier alpha value is -1.75. The van der Waals surface area contributed by atoms with Crippen LogP contribution in [0.15, 0.2) is 40.6 Å². The average molecular weight is 292 g/mol. The molecule has 1 aromatic rings. The molecule has 116 valence electrons. The molecule has 0 aliphatic rings. The Labute approximate surface area is 126 Å². The van der Waals surface area contributed by atoms with Crippen molar-refractivity contribution in [2.24, 2.45) is 10.2 Å². The SMILES string of the molecule is CC(=O)OCCCCC(N=NC(C)(C)O)c1ccccc1. The summed E-state index contributed by atoms with van der Waals surface area (Å²) < 4.78 is 4.91. The fourth-order valence-corrected chi connectivity index (χ4v) is 1.83. The highest BCUT2D eigenvalue weighted by molar-refractivity contribution is 5.65. The van der Waals surface area contributed by atoms with Gasteiger partial charge in [-0.15, -0.1) is 0 Å². The van der Waals surface area contributed by atoms with E-state index < -0.39 is 5.72 Å². The summed E-state index contributed by atoms with van der Waals surface area (Å²) in [6, 6.07) is 9.78. The van der Waals surface area contributed by atoms with Crippen LogP contribution in [0.3, 0.4) is 0 Å². The van der Waals surface area contributed by atoms with Crippen LogP contribution < -0.4 is 0 Å². The zero-order valence-electron chi connectivity index (χ0n) is 13.0. The molecule has 0 amide bonds. The highest BCUT2D eigenvalue weighted by Crippen LogP contribution is 2.25.